The minimum absolute atomic E-state index is 0.0322. The third-order valence-corrected chi connectivity index (χ3v) is 9.30. The Bertz CT molecular complexity index is 1560. The van der Waals surface area contributed by atoms with E-state index >= 15 is 0 Å². The topological polar surface area (TPSA) is 97.3 Å². The quantitative estimate of drug-likeness (QED) is 0.176. The lowest BCUT2D eigenvalue weighted by atomic mass is 9.89. The molecule has 2 aliphatic rings. The van der Waals surface area contributed by atoms with Gasteiger partial charge in [-0.15, -0.1) is 0 Å². The number of ether oxygens (including phenoxy) is 3. The van der Waals surface area contributed by atoms with Crippen LogP contribution in [0.5, 0.6) is 0 Å². The van der Waals surface area contributed by atoms with Gasteiger partial charge in [0.25, 0.3) is 9.70 Å². The van der Waals surface area contributed by atoms with Gasteiger partial charge < -0.3 is 24.6 Å². The highest BCUT2D eigenvalue weighted by molar-refractivity contribution is 6.76. The number of halogens is 3. The summed E-state index contributed by atoms with van der Waals surface area (Å²) in [5.74, 6) is -0.926. The Kier molecular flexibility index (Phi) is 11.8. The Morgan fingerprint density at radius 2 is 1.62 bits per heavy atom. The molecule has 0 bridgehead atoms. The van der Waals surface area contributed by atoms with Crippen molar-refractivity contribution in [3.05, 3.63) is 95.1 Å². The van der Waals surface area contributed by atoms with Crippen molar-refractivity contribution in [3.63, 3.8) is 0 Å². The number of aliphatic hydroxyl groups is 1. The first kappa shape index (κ1) is 36.6. The number of nitrogens with one attached hydrogen (secondary N) is 1. The number of nitrogens with zero attached hydrogens (tertiary/aromatic N) is 1. The highest BCUT2D eigenvalue weighted by atomic mass is 35.6. The maximum absolute atomic E-state index is 13.1. The molecule has 1 amide bonds. The zero-order chi connectivity index (χ0) is 34.6. The van der Waals surface area contributed by atoms with E-state index in [0.717, 1.165) is 52.8 Å². The molecule has 8 nitrogen and oxygen atoms in total. The Morgan fingerprint density at radius 1 is 0.958 bits per heavy atom. The SMILES string of the molecule is C[C@H]1[C@@H](CN2CCC[C@H]2C(=O)OC(C)(C)C)O[C@@H](c2ccc(-c3ccccc3CNC(=O)C(Cl)(Cl)Cl)cc2)O[C@H]1c1ccc(CO)cc1. The van der Waals surface area contributed by atoms with Gasteiger partial charge in [-0.05, 0) is 68.0 Å². The van der Waals surface area contributed by atoms with E-state index in [1.54, 1.807) is 0 Å². The lowest BCUT2D eigenvalue weighted by Crippen LogP contribution is -2.48. The summed E-state index contributed by atoms with van der Waals surface area (Å²) in [6.07, 6.45) is 0.471. The smallest absolute Gasteiger partial charge is 0.323 e. The van der Waals surface area contributed by atoms with Crippen LogP contribution in [-0.2, 0) is 37.0 Å². The summed E-state index contributed by atoms with van der Waals surface area (Å²) in [7, 11) is 0. The first-order chi connectivity index (χ1) is 22.7. The van der Waals surface area contributed by atoms with Crippen LogP contribution in [0.1, 0.15) is 75.2 Å². The van der Waals surface area contributed by atoms with Crippen LogP contribution in [0.15, 0.2) is 72.8 Å². The molecule has 0 aromatic heterocycles. The first-order valence-electron chi connectivity index (χ1n) is 16.2. The Hall–Kier alpha value is -2.69. The molecule has 0 aliphatic carbocycles. The van der Waals surface area contributed by atoms with E-state index in [0.29, 0.717) is 6.54 Å². The number of hydrogen-bond acceptors (Lipinski definition) is 7. The molecule has 0 unspecified atom stereocenters. The molecule has 2 fully saturated rings. The molecule has 0 radical (unpaired) electrons. The van der Waals surface area contributed by atoms with E-state index in [-0.39, 0.29) is 43.3 Å². The largest absolute Gasteiger partial charge is 0.459 e. The zero-order valence-electron chi connectivity index (χ0n) is 27.6. The first-order valence-corrected chi connectivity index (χ1v) is 17.4. The van der Waals surface area contributed by atoms with E-state index in [1.807, 2.05) is 93.6 Å². The van der Waals surface area contributed by atoms with Gasteiger partial charge in [-0.3, -0.25) is 14.5 Å². The number of rotatable bonds is 9. The Morgan fingerprint density at radius 3 is 2.27 bits per heavy atom. The lowest BCUT2D eigenvalue weighted by Gasteiger charge is -2.43. The molecule has 5 atom stereocenters. The van der Waals surface area contributed by atoms with Gasteiger partial charge in [-0.25, -0.2) is 0 Å². The molecule has 0 spiro atoms. The van der Waals surface area contributed by atoms with Crippen LogP contribution in [0.3, 0.4) is 0 Å². The van der Waals surface area contributed by atoms with E-state index < -0.39 is 21.6 Å². The third kappa shape index (κ3) is 9.10. The predicted molar refractivity (Wildman–Crippen MR) is 187 cm³/mol. The molecule has 2 saturated heterocycles. The predicted octanol–water partition coefficient (Wildman–Crippen LogP) is 7.43. The maximum Gasteiger partial charge on any atom is 0.323 e. The van der Waals surface area contributed by atoms with Crippen LogP contribution >= 0.6 is 34.8 Å². The van der Waals surface area contributed by atoms with Crippen molar-refractivity contribution in [2.24, 2.45) is 5.92 Å². The van der Waals surface area contributed by atoms with Crippen LogP contribution in [-0.4, -0.2) is 56.5 Å². The number of amides is 1. The van der Waals surface area contributed by atoms with Gasteiger partial charge in [-0.2, -0.15) is 0 Å². The number of likely N-dealkylation sites (tertiary alicyclic amines) is 1. The molecule has 3 aromatic rings. The summed E-state index contributed by atoms with van der Waals surface area (Å²) >= 11 is 17.2. The minimum Gasteiger partial charge on any atom is -0.459 e. The van der Waals surface area contributed by atoms with Crippen molar-refractivity contribution >= 4 is 46.7 Å². The van der Waals surface area contributed by atoms with Gasteiger partial charge in [0.05, 0.1) is 18.8 Å². The molecule has 258 valence electrons. The molecule has 48 heavy (non-hydrogen) atoms. The minimum atomic E-state index is -2.05. The van der Waals surface area contributed by atoms with Crippen LogP contribution < -0.4 is 5.32 Å². The highest BCUT2D eigenvalue weighted by Gasteiger charge is 2.42. The summed E-state index contributed by atoms with van der Waals surface area (Å²) in [4.78, 5) is 27.5. The second-order valence-electron chi connectivity index (χ2n) is 13.5. The van der Waals surface area contributed by atoms with Crippen molar-refractivity contribution < 1.29 is 28.9 Å². The normalized spacial score (nSPS) is 23.5. The molecule has 3 aromatic carbocycles. The van der Waals surface area contributed by atoms with E-state index in [9.17, 15) is 14.7 Å². The Labute approximate surface area is 297 Å². The van der Waals surface area contributed by atoms with Gasteiger partial charge in [0.1, 0.15) is 11.6 Å². The molecule has 2 heterocycles. The van der Waals surface area contributed by atoms with E-state index in [2.05, 4.69) is 17.1 Å². The van der Waals surface area contributed by atoms with Crippen molar-refractivity contribution in [1.82, 2.24) is 10.2 Å². The third-order valence-electron chi connectivity index (χ3n) is 8.79. The average Bonchev–Trinajstić information content (AvgIpc) is 3.52. The second kappa shape index (κ2) is 15.5. The van der Waals surface area contributed by atoms with Gasteiger partial charge in [-0.1, -0.05) is 115 Å². The van der Waals surface area contributed by atoms with Gasteiger partial charge in [0.2, 0.25) is 0 Å². The fraction of sp³-hybridized carbons (Fsp3) is 0.459. The molecular formula is C37H43Cl3N2O6. The Balaban J connectivity index is 1.38. The molecular weight excluding hydrogens is 675 g/mol. The maximum atomic E-state index is 13.1. The summed E-state index contributed by atoms with van der Waals surface area (Å²) in [5, 5.41) is 12.3. The molecule has 2 N–H and O–H groups in total. The van der Waals surface area contributed by atoms with Gasteiger partial charge in [0, 0.05) is 24.6 Å². The van der Waals surface area contributed by atoms with E-state index in [4.69, 9.17) is 49.0 Å². The summed E-state index contributed by atoms with van der Waals surface area (Å²) in [5.41, 5.74) is 4.83. The van der Waals surface area contributed by atoms with Gasteiger partial charge in [0.15, 0.2) is 6.29 Å². The monoisotopic (exact) mass is 716 g/mol. The molecule has 2 aliphatic heterocycles. The van der Waals surface area contributed by atoms with E-state index in [1.165, 1.54) is 0 Å². The second-order valence-corrected chi connectivity index (χ2v) is 15.7. The number of aliphatic hydroxyl groups excluding tert-OH is 1. The lowest BCUT2D eigenvalue weighted by molar-refractivity contribution is -0.276. The van der Waals surface area contributed by atoms with Crippen molar-refractivity contribution in [1.29, 1.82) is 0 Å². The number of hydrogen-bond donors (Lipinski definition) is 2. The summed E-state index contributed by atoms with van der Waals surface area (Å²) in [6.45, 7) is 9.28. The number of alkyl halides is 3. The van der Waals surface area contributed by atoms with Crippen LogP contribution in [0, 0.1) is 5.92 Å². The van der Waals surface area contributed by atoms with Gasteiger partial charge >= 0.3 is 5.97 Å². The van der Waals surface area contributed by atoms with Crippen molar-refractivity contribution in [2.45, 2.75) is 87.6 Å². The number of benzene rings is 3. The fourth-order valence-electron chi connectivity index (χ4n) is 6.29. The van der Waals surface area contributed by atoms with Crippen LogP contribution in [0.2, 0.25) is 0 Å². The van der Waals surface area contributed by atoms with Crippen LogP contribution in [0.4, 0.5) is 0 Å². The fourth-order valence-corrected chi connectivity index (χ4v) is 6.49. The average molecular weight is 718 g/mol. The number of esters is 1. The zero-order valence-corrected chi connectivity index (χ0v) is 29.9. The molecule has 5 rings (SSSR count). The summed E-state index contributed by atoms with van der Waals surface area (Å²) in [6, 6.07) is 23.1. The summed E-state index contributed by atoms with van der Waals surface area (Å²) < 4.78 is 17.1. The number of carbonyl (C=O) groups excluding carboxylic acids is 2. The highest BCUT2D eigenvalue weighted by Crippen LogP contribution is 2.43. The standard InChI is InChI=1S/C37H43Cl3N2O6/c1-23-31(21-42-19-7-10-30(42)33(44)48-36(2,3)4)46-34(47-32(23)26-13-11-24(22-43)12-14-26)27-17-15-25(16-18-27)29-9-6-5-8-28(29)20-41-35(45)37(38,39)40/h5-6,8-9,11-18,23,30-32,34,43H,7,10,19-22H2,1-4H3,(H,41,45)/t23-,30-,31+,32+,34+/m0/s1. The number of carbonyl (C=O) groups is 2. The van der Waals surface area contributed by atoms with Crippen molar-refractivity contribution in [2.75, 3.05) is 13.1 Å². The van der Waals surface area contributed by atoms with Crippen molar-refractivity contribution in [3.8, 4) is 11.1 Å². The van der Waals surface area contributed by atoms with Crippen LogP contribution in [0.25, 0.3) is 11.1 Å². The molecule has 11 heteroatoms. The molecule has 0 saturated carbocycles.